The van der Waals surface area contributed by atoms with Gasteiger partial charge in [-0.2, -0.15) is 0 Å². The van der Waals surface area contributed by atoms with Gasteiger partial charge in [0.1, 0.15) is 0 Å². The Hall–Kier alpha value is -0.570. The van der Waals surface area contributed by atoms with Gasteiger partial charge >= 0.3 is 0 Å². The van der Waals surface area contributed by atoms with Gasteiger partial charge in [0.25, 0.3) is 0 Å². The molecule has 0 aliphatic heterocycles. The van der Waals surface area contributed by atoms with Gasteiger partial charge in [0.2, 0.25) is 5.91 Å². The first-order chi connectivity index (χ1) is 5.03. The third-order valence-electron chi connectivity index (χ3n) is 2.45. The number of rotatable bonds is 3. The molecule has 0 radical (unpaired) electrons. The first-order valence-electron chi connectivity index (χ1n) is 4.10. The van der Waals surface area contributed by atoms with E-state index < -0.39 is 0 Å². The van der Waals surface area contributed by atoms with Crippen molar-refractivity contribution in [2.45, 2.75) is 44.7 Å². The molecule has 1 unspecified atom stereocenters. The highest BCUT2D eigenvalue weighted by molar-refractivity contribution is 5.79. The molecule has 1 aliphatic carbocycles. The van der Waals surface area contributed by atoms with Crippen LogP contribution in [0, 0.1) is 0 Å². The van der Waals surface area contributed by atoms with E-state index in [0.717, 1.165) is 12.8 Å². The van der Waals surface area contributed by atoms with Crippen LogP contribution in [0.4, 0.5) is 0 Å². The van der Waals surface area contributed by atoms with Crippen LogP contribution in [0.15, 0.2) is 0 Å². The highest BCUT2D eigenvalue weighted by atomic mass is 16.1. The Bertz CT molecular complexity index is 163. The van der Waals surface area contributed by atoms with Crippen molar-refractivity contribution in [3.8, 4) is 0 Å². The second-order valence-corrected chi connectivity index (χ2v) is 3.68. The number of carbonyl (C=O) groups excluding carboxylic acids is 1. The number of primary amides is 1. The Morgan fingerprint density at radius 2 is 2.18 bits per heavy atom. The monoisotopic (exact) mass is 156 g/mol. The van der Waals surface area contributed by atoms with Crippen LogP contribution in [0.3, 0.4) is 0 Å². The van der Waals surface area contributed by atoms with E-state index >= 15 is 0 Å². The number of amides is 1. The summed E-state index contributed by atoms with van der Waals surface area (Å²) in [5.74, 6) is -0.266. The van der Waals surface area contributed by atoms with E-state index in [0.29, 0.717) is 0 Å². The molecule has 1 saturated carbocycles. The van der Waals surface area contributed by atoms with Gasteiger partial charge in [0, 0.05) is 5.54 Å². The first kappa shape index (κ1) is 8.53. The molecule has 0 heterocycles. The van der Waals surface area contributed by atoms with Gasteiger partial charge < -0.3 is 11.1 Å². The molecule has 0 saturated heterocycles. The minimum atomic E-state index is -0.266. The largest absolute Gasteiger partial charge is 0.368 e. The molecule has 1 fully saturated rings. The van der Waals surface area contributed by atoms with Crippen LogP contribution in [-0.4, -0.2) is 17.5 Å². The van der Waals surface area contributed by atoms with E-state index in [9.17, 15) is 4.79 Å². The Morgan fingerprint density at radius 1 is 1.64 bits per heavy atom. The summed E-state index contributed by atoms with van der Waals surface area (Å²) < 4.78 is 0. The SMILES string of the molecule is CC(NC1(C)CCC1)C(N)=O. The van der Waals surface area contributed by atoms with Crippen molar-refractivity contribution in [1.82, 2.24) is 5.32 Å². The summed E-state index contributed by atoms with van der Waals surface area (Å²) in [6, 6.07) is -0.194. The lowest BCUT2D eigenvalue weighted by Gasteiger charge is -2.41. The fourth-order valence-corrected chi connectivity index (χ4v) is 1.45. The predicted molar refractivity (Wildman–Crippen MR) is 44.0 cm³/mol. The maximum Gasteiger partial charge on any atom is 0.234 e. The summed E-state index contributed by atoms with van der Waals surface area (Å²) >= 11 is 0. The summed E-state index contributed by atoms with van der Waals surface area (Å²) in [4.78, 5) is 10.7. The van der Waals surface area contributed by atoms with Crippen LogP contribution in [0.2, 0.25) is 0 Å². The molecule has 3 heteroatoms. The molecular weight excluding hydrogens is 140 g/mol. The normalized spacial score (nSPS) is 23.8. The molecule has 1 amide bonds. The van der Waals surface area contributed by atoms with Gasteiger partial charge in [-0.25, -0.2) is 0 Å². The minimum absolute atomic E-state index is 0.175. The summed E-state index contributed by atoms with van der Waals surface area (Å²) in [7, 11) is 0. The highest BCUT2D eigenvalue weighted by Crippen LogP contribution is 2.31. The summed E-state index contributed by atoms with van der Waals surface area (Å²) in [5.41, 5.74) is 5.30. The third-order valence-corrected chi connectivity index (χ3v) is 2.45. The van der Waals surface area contributed by atoms with E-state index in [-0.39, 0.29) is 17.5 Å². The lowest BCUT2D eigenvalue weighted by molar-refractivity contribution is -0.120. The zero-order valence-corrected chi connectivity index (χ0v) is 7.18. The molecular formula is C8H16N2O. The van der Waals surface area contributed by atoms with Crippen molar-refractivity contribution in [2.75, 3.05) is 0 Å². The molecule has 64 valence electrons. The molecule has 0 bridgehead atoms. The lowest BCUT2D eigenvalue weighted by Crippen LogP contribution is -2.55. The number of carbonyl (C=O) groups is 1. The quantitative estimate of drug-likeness (QED) is 0.621. The molecule has 0 aromatic carbocycles. The van der Waals surface area contributed by atoms with Crippen molar-refractivity contribution >= 4 is 5.91 Å². The van der Waals surface area contributed by atoms with E-state index in [2.05, 4.69) is 12.2 Å². The van der Waals surface area contributed by atoms with Crippen molar-refractivity contribution in [3.63, 3.8) is 0 Å². The van der Waals surface area contributed by atoms with Crippen molar-refractivity contribution in [2.24, 2.45) is 5.73 Å². The maximum absolute atomic E-state index is 10.7. The Morgan fingerprint density at radius 3 is 2.45 bits per heavy atom. The molecule has 1 atom stereocenters. The molecule has 11 heavy (non-hydrogen) atoms. The molecule has 0 aromatic heterocycles. The van der Waals surface area contributed by atoms with Crippen LogP contribution in [-0.2, 0) is 4.79 Å². The lowest BCUT2D eigenvalue weighted by atomic mass is 9.78. The van der Waals surface area contributed by atoms with E-state index in [4.69, 9.17) is 5.73 Å². The summed E-state index contributed by atoms with van der Waals surface area (Å²) in [5, 5.41) is 3.22. The highest BCUT2D eigenvalue weighted by Gasteiger charge is 2.33. The second kappa shape index (κ2) is 2.81. The molecule has 0 aromatic rings. The summed E-state index contributed by atoms with van der Waals surface area (Å²) in [6.45, 7) is 3.95. The van der Waals surface area contributed by atoms with E-state index in [1.165, 1.54) is 6.42 Å². The third kappa shape index (κ3) is 1.93. The van der Waals surface area contributed by atoms with Gasteiger partial charge in [-0.05, 0) is 33.1 Å². The fourth-order valence-electron chi connectivity index (χ4n) is 1.45. The maximum atomic E-state index is 10.7. The molecule has 3 nitrogen and oxygen atoms in total. The van der Waals surface area contributed by atoms with Gasteiger partial charge in [-0.1, -0.05) is 0 Å². The Kier molecular flexibility index (Phi) is 2.18. The van der Waals surface area contributed by atoms with Gasteiger partial charge in [-0.15, -0.1) is 0 Å². The second-order valence-electron chi connectivity index (χ2n) is 3.68. The molecule has 1 aliphatic rings. The van der Waals surface area contributed by atoms with E-state index in [1.807, 2.05) is 6.92 Å². The van der Waals surface area contributed by atoms with Gasteiger partial charge in [0.15, 0.2) is 0 Å². The zero-order valence-electron chi connectivity index (χ0n) is 7.18. The van der Waals surface area contributed by atoms with Gasteiger partial charge in [-0.3, -0.25) is 4.79 Å². The number of hydrogen-bond donors (Lipinski definition) is 2. The average molecular weight is 156 g/mol. The van der Waals surface area contributed by atoms with Crippen molar-refractivity contribution in [3.05, 3.63) is 0 Å². The van der Waals surface area contributed by atoms with Crippen LogP contribution < -0.4 is 11.1 Å². The predicted octanol–water partition coefficient (Wildman–Crippen LogP) is 0.392. The Labute approximate surface area is 67.3 Å². The summed E-state index contributed by atoms with van der Waals surface area (Å²) in [6.07, 6.45) is 3.57. The number of hydrogen-bond acceptors (Lipinski definition) is 2. The van der Waals surface area contributed by atoms with Crippen LogP contribution in [0.1, 0.15) is 33.1 Å². The molecule has 1 rings (SSSR count). The smallest absolute Gasteiger partial charge is 0.234 e. The van der Waals surface area contributed by atoms with Crippen LogP contribution in [0.25, 0.3) is 0 Å². The fraction of sp³-hybridized carbons (Fsp3) is 0.875. The number of nitrogens with two attached hydrogens (primary N) is 1. The van der Waals surface area contributed by atoms with Gasteiger partial charge in [0.05, 0.1) is 6.04 Å². The van der Waals surface area contributed by atoms with Crippen molar-refractivity contribution in [1.29, 1.82) is 0 Å². The van der Waals surface area contributed by atoms with Crippen LogP contribution >= 0.6 is 0 Å². The molecule has 3 N–H and O–H groups in total. The first-order valence-corrected chi connectivity index (χ1v) is 4.10. The number of nitrogens with one attached hydrogen (secondary N) is 1. The average Bonchev–Trinajstić information content (AvgIpc) is 1.84. The molecule has 0 spiro atoms. The Balaban J connectivity index is 2.35. The zero-order chi connectivity index (χ0) is 8.48. The van der Waals surface area contributed by atoms with Crippen LogP contribution in [0.5, 0.6) is 0 Å². The standard InChI is InChI=1S/C8H16N2O/c1-6(7(9)11)10-8(2)4-3-5-8/h6,10H,3-5H2,1-2H3,(H2,9,11). The van der Waals surface area contributed by atoms with Crippen molar-refractivity contribution < 1.29 is 4.79 Å². The minimum Gasteiger partial charge on any atom is -0.368 e. The topological polar surface area (TPSA) is 55.1 Å². The van der Waals surface area contributed by atoms with E-state index in [1.54, 1.807) is 0 Å².